The molecule has 0 radical (unpaired) electrons. The van der Waals surface area contributed by atoms with E-state index in [0.717, 1.165) is 0 Å². The van der Waals surface area contributed by atoms with Crippen LogP contribution in [0.4, 0.5) is 5.69 Å². The highest BCUT2D eigenvalue weighted by Gasteiger charge is 2.24. The lowest BCUT2D eigenvalue weighted by Crippen LogP contribution is -2.28. The van der Waals surface area contributed by atoms with Gasteiger partial charge < -0.3 is 18.9 Å². The summed E-state index contributed by atoms with van der Waals surface area (Å²) in [5.74, 6) is -0.674. The fourth-order valence-corrected chi connectivity index (χ4v) is 1.69. The Hall–Kier alpha value is -2.57. The second-order valence-electron chi connectivity index (χ2n) is 4.80. The Bertz CT molecular complexity index is 552. The summed E-state index contributed by atoms with van der Waals surface area (Å²) >= 11 is 0. The molecule has 7 nitrogen and oxygen atoms in total. The molecular formula is C17H23NO6. The van der Waals surface area contributed by atoms with Gasteiger partial charge in [-0.05, 0) is 12.8 Å². The molecule has 0 bridgehead atoms. The van der Waals surface area contributed by atoms with Crippen molar-refractivity contribution < 1.29 is 28.5 Å². The Morgan fingerprint density at radius 1 is 0.875 bits per heavy atom. The van der Waals surface area contributed by atoms with E-state index >= 15 is 0 Å². The van der Waals surface area contributed by atoms with Crippen LogP contribution in [0.25, 0.3) is 0 Å². The van der Waals surface area contributed by atoms with Gasteiger partial charge in [0.1, 0.15) is 11.5 Å². The molecule has 0 N–H and O–H groups in total. The highest BCUT2D eigenvalue weighted by Crippen LogP contribution is 2.28. The van der Waals surface area contributed by atoms with Crippen LogP contribution in [-0.4, -0.2) is 45.1 Å². The highest BCUT2D eigenvalue weighted by atomic mass is 16.6. The molecule has 24 heavy (non-hydrogen) atoms. The first-order valence-corrected chi connectivity index (χ1v) is 7.71. The van der Waals surface area contributed by atoms with Crippen LogP contribution in [0.5, 0.6) is 11.5 Å². The summed E-state index contributed by atoms with van der Waals surface area (Å²) < 4.78 is 20.3. The SMILES string of the molecule is CCCOC(=O)C(=Nc1cc(OC)cc(OC)c1)C(=O)OCCC. The summed E-state index contributed by atoms with van der Waals surface area (Å²) in [4.78, 5) is 28.3. The van der Waals surface area contributed by atoms with Crippen LogP contribution in [0.1, 0.15) is 26.7 Å². The predicted molar refractivity (Wildman–Crippen MR) is 89.1 cm³/mol. The van der Waals surface area contributed by atoms with Crippen LogP contribution in [0, 0.1) is 0 Å². The summed E-state index contributed by atoms with van der Waals surface area (Å²) in [5, 5.41) is 0. The van der Waals surface area contributed by atoms with Crippen molar-refractivity contribution in [3.05, 3.63) is 18.2 Å². The summed E-state index contributed by atoms with van der Waals surface area (Å²) in [6.07, 6.45) is 1.27. The van der Waals surface area contributed by atoms with Gasteiger partial charge in [-0.1, -0.05) is 13.8 Å². The highest BCUT2D eigenvalue weighted by molar-refractivity contribution is 6.63. The molecule has 0 amide bonds. The summed E-state index contributed by atoms with van der Waals surface area (Å²) in [6.45, 7) is 4.10. The Kier molecular flexibility index (Phi) is 8.32. The van der Waals surface area contributed by atoms with Gasteiger partial charge in [0.2, 0.25) is 5.71 Å². The maximum Gasteiger partial charge on any atom is 0.364 e. The first kappa shape index (κ1) is 19.5. The van der Waals surface area contributed by atoms with E-state index in [1.807, 2.05) is 13.8 Å². The van der Waals surface area contributed by atoms with Crippen molar-refractivity contribution in [2.24, 2.45) is 4.99 Å². The van der Waals surface area contributed by atoms with Crippen molar-refractivity contribution in [3.63, 3.8) is 0 Å². The van der Waals surface area contributed by atoms with Gasteiger partial charge in [0.25, 0.3) is 0 Å². The molecule has 1 rings (SSSR count). The van der Waals surface area contributed by atoms with Gasteiger partial charge in [0.15, 0.2) is 0 Å². The van der Waals surface area contributed by atoms with Crippen LogP contribution in [0.15, 0.2) is 23.2 Å². The van der Waals surface area contributed by atoms with Gasteiger partial charge >= 0.3 is 11.9 Å². The number of carbonyl (C=O) groups excluding carboxylic acids is 2. The third-order valence-corrected chi connectivity index (χ3v) is 2.84. The molecule has 0 aliphatic rings. The first-order valence-electron chi connectivity index (χ1n) is 7.71. The lowest BCUT2D eigenvalue weighted by Gasteiger charge is -2.09. The number of ether oxygens (including phenoxy) is 4. The topological polar surface area (TPSA) is 83.4 Å². The van der Waals surface area contributed by atoms with E-state index in [0.29, 0.717) is 30.0 Å². The number of carbonyl (C=O) groups is 2. The maximum absolute atomic E-state index is 12.1. The molecule has 0 aliphatic carbocycles. The molecule has 132 valence electrons. The quantitative estimate of drug-likeness (QED) is 0.391. The van der Waals surface area contributed by atoms with Gasteiger partial charge in [0.05, 0.1) is 33.1 Å². The molecule has 0 aliphatic heterocycles. The van der Waals surface area contributed by atoms with Gasteiger partial charge in [-0.15, -0.1) is 0 Å². The molecule has 0 heterocycles. The molecule has 0 unspecified atom stereocenters. The largest absolute Gasteiger partial charge is 0.497 e. The average Bonchev–Trinajstić information content (AvgIpc) is 2.61. The molecule has 0 atom stereocenters. The Balaban J connectivity index is 3.18. The summed E-state index contributed by atoms with van der Waals surface area (Å²) in [5.41, 5.74) is -0.0877. The van der Waals surface area contributed by atoms with E-state index in [2.05, 4.69) is 4.99 Å². The number of hydrogen-bond acceptors (Lipinski definition) is 7. The van der Waals surface area contributed by atoms with Crippen molar-refractivity contribution in [3.8, 4) is 11.5 Å². The number of hydrogen-bond donors (Lipinski definition) is 0. The molecule has 7 heteroatoms. The van der Waals surface area contributed by atoms with Crippen LogP contribution in [-0.2, 0) is 19.1 Å². The monoisotopic (exact) mass is 337 g/mol. The van der Waals surface area contributed by atoms with Crippen molar-refractivity contribution in [1.82, 2.24) is 0 Å². The van der Waals surface area contributed by atoms with E-state index in [4.69, 9.17) is 18.9 Å². The first-order chi connectivity index (χ1) is 11.5. The normalized spacial score (nSPS) is 9.83. The number of rotatable bonds is 9. The lowest BCUT2D eigenvalue weighted by atomic mass is 10.2. The number of aliphatic imine (C=N–C) groups is 1. The lowest BCUT2D eigenvalue weighted by molar-refractivity contribution is -0.141. The molecule has 0 fully saturated rings. The number of benzene rings is 1. The Morgan fingerprint density at radius 3 is 1.71 bits per heavy atom. The third-order valence-electron chi connectivity index (χ3n) is 2.84. The zero-order chi connectivity index (χ0) is 17.9. The molecule has 1 aromatic rings. The smallest absolute Gasteiger partial charge is 0.364 e. The fraction of sp³-hybridized carbons (Fsp3) is 0.471. The van der Waals surface area contributed by atoms with Crippen molar-refractivity contribution in [1.29, 1.82) is 0 Å². The molecular weight excluding hydrogens is 314 g/mol. The van der Waals surface area contributed by atoms with Gasteiger partial charge in [0, 0.05) is 18.2 Å². The van der Waals surface area contributed by atoms with Crippen molar-refractivity contribution in [2.45, 2.75) is 26.7 Å². The standard InChI is InChI=1S/C17H23NO6/c1-5-7-23-16(19)15(17(20)24-8-6-2)18-12-9-13(21-3)11-14(10-12)22-4/h9-11H,5-8H2,1-4H3. The van der Waals surface area contributed by atoms with E-state index < -0.39 is 17.7 Å². The van der Waals surface area contributed by atoms with Crippen LogP contribution >= 0.6 is 0 Å². The minimum Gasteiger partial charge on any atom is -0.497 e. The predicted octanol–water partition coefficient (Wildman–Crippen LogP) is 2.68. The number of methoxy groups -OCH3 is 2. The van der Waals surface area contributed by atoms with E-state index in [-0.39, 0.29) is 13.2 Å². The molecule has 0 aromatic heterocycles. The molecule has 0 saturated heterocycles. The van der Waals surface area contributed by atoms with E-state index in [1.54, 1.807) is 18.2 Å². The second-order valence-corrected chi connectivity index (χ2v) is 4.80. The van der Waals surface area contributed by atoms with Crippen LogP contribution in [0.3, 0.4) is 0 Å². The number of nitrogens with zero attached hydrogens (tertiary/aromatic N) is 1. The van der Waals surface area contributed by atoms with E-state index in [1.165, 1.54) is 14.2 Å². The maximum atomic E-state index is 12.1. The van der Waals surface area contributed by atoms with Gasteiger partial charge in [-0.25, -0.2) is 14.6 Å². The van der Waals surface area contributed by atoms with E-state index in [9.17, 15) is 9.59 Å². The summed E-state index contributed by atoms with van der Waals surface area (Å²) in [6, 6.07) is 4.80. The van der Waals surface area contributed by atoms with Crippen LogP contribution < -0.4 is 9.47 Å². The third kappa shape index (κ3) is 5.91. The van der Waals surface area contributed by atoms with Gasteiger partial charge in [-0.3, -0.25) is 0 Å². The second kappa shape index (κ2) is 10.3. The Morgan fingerprint density at radius 2 is 1.33 bits per heavy atom. The fourth-order valence-electron chi connectivity index (χ4n) is 1.69. The minimum absolute atomic E-state index is 0.195. The van der Waals surface area contributed by atoms with Gasteiger partial charge in [-0.2, -0.15) is 0 Å². The molecule has 1 aromatic carbocycles. The summed E-state index contributed by atoms with van der Waals surface area (Å²) in [7, 11) is 2.99. The molecule has 0 spiro atoms. The minimum atomic E-state index is -0.820. The average molecular weight is 337 g/mol. The zero-order valence-electron chi connectivity index (χ0n) is 14.5. The Labute approximate surface area is 141 Å². The number of esters is 2. The zero-order valence-corrected chi connectivity index (χ0v) is 14.5. The van der Waals surface area contributed by atoms with Crippen molar-refractivity contribution >= 4 is 23.3 Å². The van der Waals surface area contributed by atoms with Crippen molar-refractivity contribution in [2.75, 3.05) is 27.4 Å². The van der Waals surface area contributed by atoms with Crippen LogP contribution in [0.2, 0.25) is 0 Å². The molecule has 0 saturated carbocycles.